The van der Waals surface area contributed by atoms with Crippen molar-refractivity contribution in [2.45, 2.75) is 51.0 Å². The molecular weight excluding hydrogens is 284 g/mol. The van der Waals surface area contributed by atoms with Crippen molar-refractivity contribution in [3.8, 4) is 0 Å². The van der Waals surface area contributed by atoms with E-state index in [2.05, 4.69) is 50.9 Å². The molecule has 0 atom stereocenters. The predicted octanol–water partition coefficient (Wildman–Crippen LogP) is 4.27. The number of rotatable bonds is 7. The monoisotopic (exact) mass is 310 g/mol. The van der Waals surface area contributed by atoms with Gasteiger partial charge in [0.25, 0.3) is 0 Å². The molecule has 122 valence electrons. The Morgan fingerprint density at radius 3 is 2.57 bits per heavy atom. The highest BCUT2D eigenvalue weighted by Crippen LogP contribution is 2.21. The third kappa shape index (κ3) is 5.23. The van der Waals surface area contributed by atoms with Crippen LogP contribution in [0.3, 0.4) is 0 Å². The lowest BCUT2D eigenvalue weighted by Gasteiger charge is -2.23. The number of benzene rings is 1. The van der Waals surface area contributed by atoms with Gasteiger partial charge in [0.2, 0.25) is 0 Å². The van der Waals surface area contributed by atoms with Crippen molar-refractivity contribution in [1.29, 1.82) is 0 Å². The molecule has 0 aliphatic heterocycles. The summed E-state index contributed by atoms with van der Waals surface area (Å²) in [6, 6.07) is 13.2. The fraction of sp³-hybridized carbons (Fsp3) is 0.474. The summed E-state index contributed by atoms with van der Waals surface area (Å²) < 4.78 is 0. The number of aromatic nitrogens is 2. The molecule has 4 nitrogen and oxygen atoms in total. The van der Waals surface area contributed by atoms with E-state index in [0.29, 0.717) is 6.04 Å². The minimum absolute atomic E-state index is 0.574. The summed E-state index contributed by atoms with van der Waals surface area (Å²) in [5.74, 6) is 1.85. The molecule has 2 N–H and O–H groups in total. The SMILES string of the molecule is c1ccc(CCCNc2cc(NC3CCCCC3)ncn2)cc1. The number of nitrogens with zero attached hydrogens (tertiary/aromatic N) is 2. The molecule has 0 spiro atoms. The summed E-state index contributed by atoms with van der Waals surface area (Å²) in [4.78, 5) is 8.66. The molecule has 0 amide bonds. The Morgan fingerprint density at radius 2 is 1.74 bits per heavy atom. The molecule has 1 aliphatic rings. The minimum atomic E-state index is 0.574. The summed E-state index contributed by atoms with van der Waals surface area (Å²) in [6.45, 7) is 0.925. The highest BCUT2D eigenvalue weighted by Gasteiger charge is 2.13. The molecule has 1 aromatic heterocycles. The van der Waals surface area contributed by atoms with Gasteiger partial charge in [-0.15, -0.1) is 0 Å². The molecule has 1 aromatic carbocycles. The molecule has 3 rings (SSSR count). The zero-order valence-corrected chi connectivity index (χ0v) is 13.7. The van der Waals surface area contributed by atoms with Crippen molar-refractivity contribution in [2.24, 2.45) is 0 Å². The van der Waals surface area contributed by atoms with Crippen LogP contribution in [0.2, 0.25) is 0 Å². The third-order valence-electron chi connectivity index (χ3n) is 4.42. The molecule has 1 saturated carbocycles. The first-order chi connectivity index (χ1) is 11.4. The zero-order valence-electron chi connectivity index (χ0n) is 13.7. The van der Waals surface area contributed by atoms with Crippen LogP contribution in [0, 0.1) is 0 Å². The predicted molar refractivity (Wildman–Crippen MR) is 95.8 cm³/mol. The van der Waals surface area contributed by atoms with E-state index in [1.165, 1.54) is 37.7 Å². The van der Waals surface area contributed by atoms with E-state index in [9.17, 15) is 0 Å². The largest absolute Gasteiger partial charge is 0.370 e. The summed E-state index contributed by atoms with van der Waals surface area (Å²) in [6.07, 6.45) is 10.4. The quantitative estimate of drug-likeness (QED) is 0.750. The van der Waals surface area contributed by atoms with Gasteiger partial charge in [-0.05, 0) is 31.2 Å². The van der Waals surface area contributed by atoms with Crippen molar-refractivity contribution in [3.63, 3.8) is 0 Å². The lowest BCUT2D eigenvalue weighted by atomic mass is 9.95. The van der Waals surface area contributed by atoms with Gasteiger partial charge in [-0.3, -0.25) is 0 Å². The number of hydrogen-bond acceptors (Lipinski definition) is 4. The van der Waals surface area contributed by atoms with Crippen LogP contribution in [0.25, 0.3) is 0 Å². The van der Waals surface area contributed by atoms with E-state index in [1.54, 1.807) is 6.33 Å². The Bertz CT molecular complexity index is 579. The lowest BCUT2D eigenvalue weighted by Crippen LogP contribution is -2.22. The second-order valence-corrected chi connectivity index (χ2v) is 6.28. The average Bonchev–Trinajstić information content (AvgIpc) is 2.61. The second-order valence-electron chi connectivity index (χ2n) is 6.28. The van der Waals surface area contributed by atoms with Gasteiger partial charge in [-0.25, -0.2) is 9.97 Å². The van der Waals surface area contributed by atoms with Crippen molar-refractivity contribution < 1.29 is 0 Å². The third-order valence-corrected chi connectivity index (χ3v) is 4.42. The average molecular weight is 310 g/mol. The first kappa shape index (κ1) is 15.8. The normalized spacial score (nSPS) is 15.3. The van der Waals surface area contributed by atoms with Gasteiger partial charge in [-0.2, -0.15) is 0 Å². The number of hydrogen-bond donors (Lipinski definition) is 2. The van der Waals surface area contributed by atoms with Gasteiger partial charge in [0.05, 0.1) is 0 Å². The van der Waals surface area contributed by atoms with Gasteiger partial charge in [0.15, 0.2) is 0 Å². The van der Waals surface area contributed by atoms with Crippen LogP contribution in [0.1, 0.15) is 44.1 Å². The standard InChI is InChI=1S/C19H26N4/c1-3-8-16(9-4-1)10-7-13-20-18-14-19(22-15-21-18)23-17-11-5-2-6-12-17/h1,3-4,8-9,14-15,17H,2,5-7,10-13H2,(H2,20,21,22,23). The van der Waals surface area contributed by atoms with Gasteiger partial charge in [0, 0.05) is 18.7 Å². The van der Waals surface area contributed by atoms with Crippen LogP contribution in [0.15, 0.2) is 42.7 Å². The van der Waals surface area contributed by atoms with Gasteiger partial charge in [0.1, 0.15) is 18.0 Å². The fourth-order valence-electron chi connectivity index (χ4n) is 3.14. The van der Waals surface area contributed by atoms with Crippen LogP contribution >= 0.6 is 0 Å². The van der Waals surface area contributed by atoms with Crippen molar-refractivity contribution in [2.75, 3.05) is 17.2 Å². The lowest BCUT2D eigenvalue weighted by molar-refractivity contribution is 0.462. The number of anilines is 2. The Balaban J connectivity index is 1.43. The molecule has 0 unspecified atom stereocenters. The van der Waals surface area contributed by atoms with E-state index in [4.69, 9.17) is 0 Å². The Hall–Kier alpha value is -2.10. The van der Waals surface area contributed by atoms with E-state index in [-0.39, 0.29) is 0 Å². The molecule has 1 aliphatic carbocycles. The molecule has 0 radical (unpaired) electrons. The fourth-order valence-corrected chi connectivity index (χ4v) is 3.14. The highest BCUT2D eigenvalue weighted by atomic mass is 15.1. The van der Waals surface area contributed by atoms with E-state index >= 15 is 0 Å². The van der Waals surface area contributed by atoms with Crippen LogP contribution in [0.5, 0.6) is 0 Å². The molecular formula is C19H26N4. The zero-order chi connectivity index (χ0) is 15.7. The first-order valence-electron chi connectivity index (χ1n) is 8.76. The molecule has 4 heteroatoms. The summed E-state index contributed by atoms with van der Waals surface area (Å²) in [5.41, 5.74) is 1.39. The van der Waals surface area contributed by atoms with Crippen LogP contribution in [-0.4, -0.2) is 22.6 Å². The van der Waals surface area contributed by atoms with Gasteiger partial charge >= 0.3 is 0 Å². The van der Waals surface area contributed by atoms with E-state index in [0.717, 1.165) is 31.0 Å². The van der Waals surface area contributed by atoms with E-state index < -0.39 is 0 Å². The Morgan fingerprint density at radius 1 is 0.957 bits per heavy atom. The maximum absolute atomic E-state index is 4.35. The van der Waals surface area contributed by atoms with Crippen LogP contribution in [-0.2, 0) is 6.42 Å². The second kappa shape index (κ2) is 8.51. The van der Waals surface area contributed by atoms with Crippen molar-refractivity contribution in [3.05, 3.63) is 48.3 Å². The maximum atomic E-state index is 4.35. The smallest absolute Gasteiger partial charge is 0.131 e. The minimum Gasteiger partial charge on any atom is -0.370 e. The highest BCUT2D eigenvalue weighted by molar-refractivity contribution is 5.46. The Kier molecular flexibility index (Phi) is 5.84. The maximum Gasteiger partial charge on any atom is 0.131 e. The number of nitrogens with one attached hydrogen (secondary N) is 2. The topological polar surface area (TPSA) is 49.8 Å². The van der Waals surface area contributed by atoms with Crippen LogP contribution < -0.4 is 10.6 Å². The van der Waals surface area contributed by atoms with E-state index in [1.807, 2.05) is 6.07 Å². The molecule has 0 saturated heterocycles. The summed E-state index contributed by atoms with van der Waals surface area (Å²) in [7, 11) is 0. The van der Waals surface area contributed by atoms with Crippen LogP contribution in [0.4, 0.5) is 11.6 Å². The number of aryl methyl sites for hydroxylation is 1. The summed E-state index contributed by atoms with van der Waals surface area (Å²) in [5, 5.41) is 6.95. The molecule has 2 aromatic rings. The molecule has 1 fully saturated rings. The molecule has 0 bridgehead atoms. The van der Waals surface area contributed by atoms with Gasteiger partial charge in [-0.1, -0.05) is 49.6 Å². The molecule has 1 heterocycles. The molecule has 23 heavy (non-hydrogen) atoms. The summed E-state index contributed by atoms with van der Waals surface area (Å²) >= 11 is 0. The van der Waals surface area contributed by atoms with Crippen molar-refractivity contribution in [1.82, 2.24) is 9.97 Å². The Labute approximate surface area is 138 Å². The first-order valence-corrected chi connectivity index (χ1v) is 8.76. The van der Waals surface area contributed by atoms with Crippen molar-refractivity contribution >= 4 is 11.6 Å². The van der Waals surface area contributed by atoms with Gasteiger partial charge < -0.3 is 10.6 Å².